The number of aliphatic imine (C=N–C) groups is 1. The predicted octanol–water partition coefficient (Wildman–Crippen LogP) is 0.397. The van der Waals surface area contributed by atoms with Crippen LogP contribution in [-0.2, 0) is 0 Å². The number of carboxylic acid groups (broad SMARTS) is 2. The number of nitrogens with zero attached hydrogens (tertiary/aromatic N) is 1. The summed E-state index contributed by atoms with van der Waals surface area (Å²) in [5.41, 5.74) is 5.32. The second-order valence-electron chi connectivity index (χ2n) is 3.29. The Bertz CT molecular complexity index is 262. The molecule has 0 unspecified atom stereocenters. The zero-order valence-corrected chi connectivity index (χ0v) is 9.48. The van der Waals surface area contributed by atoms with Gasteiger partial charge >= 0.3 is 12.2 Å². The van der Waals surface area contributed by atoms with Crippen LogP contribution in [0.2, 0.25) is 0 Å². The van der Waals surface area contributed by atoms with Gasteiger partial charge in [0.25, 0.3) is 0 Å². The third-order valence-electron chi connectivity index (χ3n) is 1.83. The van der Waals surface area contributed by atoms with Gasteiger partial charge in [-0.2, -0.15) is 0 Å². The summed E-state index contributed by atoms with van der Waals surface area (Å²) in [7, 11) is 0. The highest BCUT2D eigenvalue weighted by molar-refractivity contribution is 6.00. The van der Waals surface area contributed by atoms with Crippen LogP contribution in [0.5, 0.6) is 0 Å². The topological polar surface area (TPSA) is 137 Å². The SMILES string of the molecule is NCCCCCCN=C(NC(=O)O)NC(=O)O. The lowest BCUT2D eigenvalue weighted by molar-refractivity contribution is 0.197. The molecule has 0 aliphatic heterocycles. The molecule has 0 saturated heterocycles. The maximum atomic E-state index is 10.3. The molecule has 0 saturated carbocycles. The number of hydrogen-bond donors (Lipinski definition) is 5. The van der Waals surface area contributed by atoms with Gasteiger partial charge in [0.05, 0.1) is 0 Å². The van der Waals surface area contributed by atoms with E-state index in [4.69, 9.17) is 15.9 Å². The Kier molecular flexibility index (Phi) is 8.39. The Morgan fingerprint density at radius 2 is 1.53 bits per heavy atom. The number of rotatable bonds is 6. The third-order valence-corrected chi connectivity index (χ3v) is 1.83. The summed E-state index contributed by atoms with van der Waals surface area (Å²) >= 11 is 0. The highest BCUT2D eigenvalue weighted by Gasteiger charge is 2.06. The minimum Gasteiger partial charge on any atom is -0.465 e. The normalized spacial score (nSPS) is 9.47. The van der Waals surface area contributed by atoms with Gasteiger partial charge in [-0.25, -0.2) is 9.59 Å². The Labute approximate surface area is 98.9 Å². The van der Waals surface area contributed by atoms with E-state index in [1.807, 2.05) is 10.6 Å². The molecule has 8 heteroatoms. The van der Waals surface area contributed by atoms with Crippen molar-refractivity contribution in [3.63, 3.8) is 0 Å². The fourth-order valence-corrected chi connectivity index (χ4v) is 1.11. The fraction of sp³-hybridized carbons (Fsp3) is 0.667. The average Bonchev–Trinajstić information content (AvgIpc) is 2.21. The van der Waals surface area contributed by atoms with Crippen LogP contribution in [0.25, 0.3) is 0 Å². The Morgan fingerprint density at radius 3 is 2.00 bits per heavy atom. The molecule has 0 aromatic carbocycles. The van der Waals surface area contributed by atoms with Crippen molar-refractivity contribution < 1.29 is 19.8 Å². The van der Waals surface area contributed by atoms with E-state index in [2.05, 4.69) is 4.99 Å². The van der Waals surface area contributed by atoms with E-state index in [0.717, 1.165) is 25.7 Å². The number of amides is 2. The third kappa shape index (κ3) is 10.5. The molecule has 0 radical (unpaired) electrons. The summed E-state index contributed by atoms with van der Waals surface area (Å²) in [4.78, 5) is 24.5. The standard InChI is InChI=1S/C9H18N4O4/c10-5-3-1-2-4-6-11-7(12-8(14)15)13-9(16)17/h1-6,10H2,(H,14,15)(H,16,17)(H2,11,12,13). The van der Waals surface area contributed by atoms with Gasteiger partial charge in [0, 0.05) is 6.54 Å². The molecule has 98 valence electrons. The molecule has 0 bridgehead atoms. The molecule has 0 aromatic heterocycles. The van der Waals surface area contributed by atoms with Gasteiger partial charge in [0.2, 0.25) is 5.96 Å². The highest BCUT2D eigenvalue weighted by Crippen LogP contribution is 1.98. The zero-order chi connectivity index (χ0) is 13.1. The van der Waals surface area contributed by atoms with Gasteiger partial charge in [-0.3, -0.25) is 15.6 Å². The molecule has 0 heterocycles. The quantitative estimate of drug-likeness (QED) is 0.262. The lowest BCUT2D eigenvalue weighted by Crippen LogP contribution is -2.42. The van der Waals surface area contributed by atoms with Crippen LogP contribution in [0, 0.1) is 0 Å². The van der Waals surface area contributed by atoms with E-state index in [0.29, 0.717) is 13.1 Å². The number of carbonyl (C=O) groups is 2. The van der Waals surface area contributed by atoms with Gasteiger partial charge in [0.15, 0.2) is 0 Å². The number of guanidine groups is 1. The van der Waals surface area contributed by atoms with E-state index in [1.54, 1.807) is 0 Å². The molecule has 8 nitrogen and oxygen atoms in total. The van der Waals surface area contributed by atoms with Crippen molar-refractivity contribution in [1.29, 1.82) is 0 Å². The van der Waals surface area contributed by atoms with Crippen molar-refractivity contribution in [2.24, 2.45) is 10.7 Å². The maximum Gasteiger partial charge on any atom is 0.411 e. The Morgan fingerprint density at radius 1 is 1.00 bits per heavy atom. The molecule has 0 fully saturated rings. The average molecular weight is 246 g/mol. The van der Waals surface area contributed by atoms with Crippen LogP contribution >= 0.6 is 0 Å². The van der Waals surface area contributed by atoms with Gasteiger partial charge in [0.1, 0.15) is 0 Å². The van der Waals surface area contributed by atoms with E-state index in [-0.39, 0.29) is 5.96 Å². The van der Waals surface area contributed by atoms with Gasteiger partial charge < -0.3 is 15.9 Å². The number of nitrogens with one attached hydrogen (secondary N) is 2. The molecule has 0 aromatic rings. The van der Waals surface area contributed by atoms with Gasteiger partial charge in [-0.15, -0.1) is 0 Å². The first-order chi connectivity index (χ1) is 8.06. The van der Waals surface area contributed by atoms with Crippen LogP contribution in [0.15, 0.2) is 4.99 Å². The van der Waals surface area contributed by atoms with E-state index >= 15 is 0 Å². The lowest BCUT2D eigenvalue weighted by Gasteiger charge is -2.05. The molecular weight excluding hydrogens is 228 g/mol. The molecule has 0 atom stereocenters. The summed E-state index contributed by atoms with van der Waals surface area (Å²) in [5.74, 6) is -0.274. The fourth-order valence-electron chi connectivity index (χ4n) is 1.11. The Hall–Kier alpha value is -1.83. The number of unbranched alkanes of at least 4 members (excludes halogenated alkanes) is 3. The minimum atomic E-state index is -1.36. The largest absolute Gasteiger partial charge is 0.465 e. The smallest absolute Gasteiger partial charge is 0.411 e. The molecule has 0 aliphatic rings. The van der Waals surface area contributed by atoms with E-state index in [9.17, 15) is 9.59 Å². The molecule has 0 aliphatic carbocycles. The summed E-state index contributed by atoms with van der Waals surface area (Å²) in [6, 6.07) is 0. The van der Waals surface area contributed by atoms with Crippen molar-refractivity contribution >= 4 is 18.1 Å². The molecule has 17 heavy (non-hydrogen) atoms. The zero-order valence-electron chi connectivity index (χ0n) is 9.48. The molecule has 0 rings (SSSR count). The van der Waals surface area contributed by atoms with Crippen LogP contribution in [0.3, 0.4) is 0 Å². The maximum absolute atomic E-state index is 10.3. The van der Waals surface area contributed by atoms with Gasteiger partial charge in [-0.1, -0.05) is 12.8 Å². The monoisotopic (exact) mass is 246 g/mol. The summed E-state index contributed by atoms with van der Waals surface area (Å²) in [5, 5.41) is 20.6. The molecule has 0 spiro atoms. The summed E-state index contributed by atoms with van der Waals surface area (Å²) in [6.07, 6.45) is 0.888. The number of hydrogen-bond acceptors (Lipinski definition) is 4. The van der Waals surface area contributed by atoms with Crippen LogP contribution in [-0.4, -0.2) is 41.4 Å². The predicted molar refractivity (Wildman–Crippen MR) is 62.1 cm³/mol. The molecular formula is C9H18N4O4. The van der Waals surface area contributed by atoms with Crippen LogP contribution < -0.4 is 16.4 Å². The Balaban J connectivity index is 3.92. The van der Waals surface area contributed by atoms with Crippen molar-refractivity contribution in [2.75, 3.05) is 13.1 Å². The second kappa shape index (κ2) is 9.40. The van der Waals surface area contributed by atoms with E-state index < -0.39 is 12.2 Å². The van der Waals surface area contributed by atoms with Crippen molar-refractivity contribution in [3.05, 3.63) is 0 Å². The second-order valence-corrected chi connectivity index (χ2v) is 3.29. The van der Waals surface area contributed by atoms with Gasteiger partial charge in [-0.05, 0) is 19.4 Å². The highest BCUT2D eigenvalue weighted by atomic mass is 16.4. The number of nitrogens with two attached hydrogens (primary N) is 1. The van der Waals surface area contributed by atoms with Crippen LogP contribution in [0.4, 0.5) is 9.59 Å². The van der Waals surface area contributed by atoms with Crippen molar-refractivity contribution in [2.45, 2.75) is 25.7 Å². The first-order valence-electron chi connectivity index (χ1n) is 5.30. The minimum absolute atomic E-state index is 0.274. The summed E-state index contributed by atoms with van der Waals surface area (Å²) in [6.45, 7) is 1.01. The first kappa shape index (κ1) is 15.2. The molecule has 6 N–H and O–H groups in total. The van der Waals surface area contributed by atoms with Crippen molar-refractivity contribution in [3.8, 4) is 0 Å². The molecule has 2 amide bonds. The lowest BCUT2D eigenvalue weighted by atomic mass is 10.2. The van der Waals surface area contributed by atoms with E-state index in [1.165, 1.54) is 0 Å². The summed E-state index contributed by atoms with van der Waals surface area (Å²) < 4.78 is 0. The first-order valence-corrected chi connectivity index (χ1v) is 5.30. The van der Waals surface area contributed by atoms with Crippen molar-refractivity contribution in [1.82, 2.24) is 10.6 Å². The van der Waals surface area contributed by atoms with Crippen LogP contribution in [0.1, 0.15) is 25.7 Å².